The van der Waals surface area contributed by atoms with Crippen molar-refractivity contribution in [3.05, 3.63) is 53.1 Å². The summed E-state index contributed by atoms with van der Waals surface area (Å²) in [6, 6.07) is 5.65. The predicted octanol–water partition coefficient (Wildman–Crippen LogP) is 4.90. The van der Waals surface area contributed by atoms with Crippen LogP contribution in [0.5, 0.6) is 0 Å². The van der Waals surface area contributed by atoms with Gasteiger partial charge < -0.3 is 5.32 Å². The maximum absolute atomic E-state index is 13.6. The second kappa shape index (κ2) is 5.00. The molecular weight excluding hydrogens is 304 g/mol. The van der Waals surface area contributed by atoms with Crippen LogP contribution >= 0.6 is 11.3 Å². The lowest BCUT2D eigenvalue weighted by atomic mass is 10.2. The van der Waals surface area contributed by atoms with Crippen LogP contribution in [0.3, 0.4) is 0 Å². The van der Waals surface area contributed by atoms with E-state index in [4.69, 9.17) is 0 Å². The van der Waals surface area contributed by atoms with E-state index in [9.17, 15) is 17.6 Å². The molecule has 0 unspecified atom stereocenters. The number of aromatic nitrogens is 1. The molecule has 108 valence electrons. The summed E-state index contributed by atoms with van der Waals surface area (Å²) in [6.07, 6.45) is 0. The molecule has 0 saturated heterocycles. The Hall–Kier alpha value is -2.15. The van der Waals surface area contributed by atoms with Crippen LogP contribution in [0.1, 0.15) is 5.56 Å². The van der Waals surface area contributed by atoms with Gasteiger partial charge in [-0.2, -0.15) is 0 Å². The first-order chi connectivity index (χ1) is 9.95. The lowest BCUT2D eigenvalue weighted by molar-refractivity contribution is 0.459. The zero-order chi connectivity index (χ0) is 15.1. The highest BCUT2D eigenvalue weighted by Crippen LogP contribution is 2.32. The van der Waals surface area contributed by atoms with Gasteiger partial charge in [-0.05, 0) is 24.6 Å². The molecule has 0 atom stereocenters. The molecule has 0 amide bonds. The number of hydrogen-bond acceptors (Lipinski definition) is 3. The Bertz CT molecular complexity index is 818. The van der Waals surface area contributed by atoms with Crippen LogP contribution in [0.4, 0.5) is 28.4 Å². The number of nitrogens with zero attached hydrogens (tertiary/aromatic N) is 1. The molecule has 0 bridgehead atoms. The van der Waals surface area contributed by atoms with E-state index in [-0.39, 0.29) is 11.2 Å². The molecular formula is C14H8F4N2S. The number of nitrogens with one attached hydrogen (secondary N) is 1. The van der Waals surface area contributed by atoms with Crippen molar-refractivity contribution in [1.82, 2.24) is 4.98 Å². The van der Waals surface area contributed by atoms with E-state index in [1.807, 2.05) is 19.1 Å². The van der Waals surface area contributed by atoms with Crippen LogP contribution in [0.2, 0.25) is 0 Å². The van der Waals surface area contributed by atoms with Gasteiger partial charge in [0.2, 0.25) is 0 Å². The Balaban J connectivity index is 2.06. The Morgan fingerprint density at radius 2 is 1.67 bits per heavy atom. The fourth-order valence-electron chi connectivity index (χ4n) is 1.88. The van der Waals surface area contributed by atoms with Gasteiger partial charge in [-0.1, -0.05) is 17.4 Å². The average Bonchev–Trinajstić information content (AvgIpc) is 2.83. The van der Waals surface area contributed by atoms with Crippen molar-refractivity contribution in [2.45, 2.75) is 6.92 Å². The highest BCUT2D eigenvalue weighted by molar-refractivity contribution is 7.22. The molecule has 1 N–H and O–H groups in total. The third kappa shape index (κ3) is 2.44. The summed E-state index contributed by atoms with van der Waals surface area (Å²) in [6.45, 7) is 1.88. The topological polar surface area (TPSA) is 24.9 Å². The summed E-state index contributed by atoms with van der Waals surface area (Å²) in [5.41, 5.74) is 0.733. The molecule has 0 radical (unpaired) electrons. The molecule has 2 nitrogen and oxygen atoms in total. The first-order valence-corrected chi connectivity index (χ1v) is 6.74. The third-order valence-corrected chi connectivity index (χ3v) is 3.84. The number of anilines is 2. The van der Waals surface area contributed by atoms with Gasteiger partial charge in [0.05, 0.1) is 10.2 Å². The molecule has 0 spiro atoms. The number of benzene rings is 2. The van der Waals surface area contributed by atoms with Gasteiger partial charge in [0.15, 0.2) is 28.4 Å². The van der Waals surface area contributed by atoms with Crippen molar-refractivity contribution in [2.75, 3.05) is 5.32 Å². The molecule has 3 aromatic rings. The Labute approximate surface area is 121 Å². The van der Waals surface area contributed by atoms with Crippen LogP contribution in [0, 0.1) is 30.2 Å². The minimum atomic E-state index is -1.48. The molecule has 7 heteroatoms. The minimum Gasteiger partial charge on any atom is -0.326 e. The van der Waals surface area contributed by atoms with Crippen LogP contribution in [0.25, 0.3) is 10.2 Å². The largest absolute Gasteiger partial charge is 0.326 e. The van der Waals surface area contributed by atoms with E-state index in [1.165, 1.54) is 0 Å². The van der Waals surface area contributed by atoms with Gasteiger partial charge in [-0.3, -0.25) is 0 Å². The van der Waals surface area contributed by atoms with E-state index < -0.39 is 29.0 Å². The van der Waals surface area contributed by atoms with Gasteiger partial charge in [-0.15, -0.1) is 0 Å². The summed E-state index contributed by atoms with van der Waals surface area (Å²) in [5.74, 6) is -5.89. The monoisotopic (exact) mass is 312 g/mol. The van der Waals surface area contributed by atoms with Crippen molar-refractivity contribution < 1.29 is 17.6 Å². The Morgan fingerprint density at radius 1 is 1.00 bits per heavy atom. The lowest BCUT2D eigenvalue weighted by Crippen LogP contribution is -2.02. The highest BCUT2D eigenvalue weighted by atomic mass is 32.1. The number of fused-ring (bicyclic) bond motifs is 1. The van der Waals surface area contributed by atoms with E-state index in [1.54, 1.807) is 6.07 Å². The summed E-state index contributed by atoms with van der Waals surface area (Å²) >= 11 is 1.13. The quantitative estimate of drug-likeness (QED) is 0.537. The summed E-state index contributed by atoms with van der Waals surface area (Å²) in [5, 5.41) is 2.46. The molecule has 0 aliphatic carbocycles. The van der Waals surface area contributed by atoms with E-state index in [0.717, 1.165) is 21.6 Å². The minimum absolute atomic E-state index is 0.151. The van der Waals surface area contributed by atoms with Crippen molar-refractivity contribution in [1.29, 1.82) is 0 Å². The van der Waals surface area contributed by atoms with Gasteiger partial charge in [0.25, 0.3) is 0 Å². The maximum Gasteiger partial charge on any atom is 0.188 e. The summed E-state index contributed by atoms with van der Waals surface area (Å²) in [7, 11) is 0. The molecule has 2 aromatic carbocycles. The average molecular weight is 312 g/mol. The molecule has 0 saturated carbocycles. The van der Waals surface area contributed by atoms with Crippen LogP contribution in [-0.4, -0.2) is 4.98 Å². The fraction of sp³-hybridized carbons (Fsp3) is 0.0714. The summed E-state index contributed by atoms with van der Waals surface area (Å²) < 4.78 is 54.2. The Kier molecular flexibility index (Phi) is 3.29. The molecule has 21 heavy (non-hydrogen) atoms. The second-order valence-corrected chi connectivity index (χ2v) is 5.49. The normalized spacial score (nSPS) is 11.1. The fourth-order valence-corrected chi connectivity index (χ4v) is 2.73. The number of hydrogen-bond donors (Lipinski definition) is 1. The standard InChI is InChI=1S/C14H8F4N2S/c1-6-2-3-10-9(4-6)19-14(21-10)20-13-11(17)7(15)5-8(16)12(13)18/h2-5H,1H3,(H,19,20). The zero-order valence-corrected chi connectivity index (χ0v) is 11.5. The SMILES string of the molecule is Cc1ccc2sc(Nc3c(F)c(F)cc(F)c3F)nc2c1. The van der Waals surface area contributed by atoms with Crippen LogP contribution in [0.15, 0.2) is 24.3 Å². The number of aryl methyl sites for hydroxylation is 1. The van der Waals surface area contributed by atoms with Crippen LogP contribution in [-0.2, 0) is 0 Å². The van der Waals surface area contributed by atoms with Gasteiger partial charge in [0, 0.05) is 6.07 Å². The number of thiazole rings is 1. The van der Waals surface area contributed by atoms with Gasteiger partial charge in [0.1, 0.15) is 5.69 Å². The smallest absolute Gasteiger partial charge is 0.188 e. The van der Waals surface area contributed by atoms with E-state index >= 15 is 0 Å². The van der Waals surface area contributed by atoms with Gasteiger partial charge >= 0.3 is 0 Å². The third-order valence-electron chi connectivity index (χ3n) is 2.89. The molecule has 0 aliphatic heterocycles. The highest BCUT2D eigenvalue weighted by Gasteiger charge is 2.20. The van der Waals surface area contributed by atoms with Crippen molar-refractivity contribution >= 4 is 32.4 Å². The molecule has 1 aromatic heterocycles. The maximum atomic E-state index is 13.6. The van der Waals surface area contributed by atoms with E-state index in [0.29, 0.717) is 5.52 Å². The number of rotatable bonds is 2. The predicted molar refractivity (Wildman–Crippen MR) is 73.9 cm³/mol. The molecule has 1 heterocycles. The van der Waals surface area contributed by atoms with Crippen molar-refractivity contribution in [3.8, 4) is 0 Å². The molecule has 3 rings (SSSR count). The van der Waals surface area contributed by atoms with Crippen molar-refractivity contribution in [3.63, 3.8) is 0 Å². The zero-order valence-electron chi connectivity index (χ0n) is 10.7. The summed E-state index contributed by atoms with van der Waals surface area (Å²) in [4.78, 5) is 4.14. The number of halogens is 4. The lowest BCUT2D eigenvalue weighted by Gasteiger charge is -2.07. The molecule has 0 aliphatic rings. The second-order valence-electron chi connectivity index (χ2n) is 4.46. The first-order valence-electron chi connectivity index (χ1n) is 5.93. The van der Waals surface area contributed by atoms with Crippen molar-refractivity contribution in [2.24, 2.45) is 0 Å². The first kappa shape index (κ1) is 13.8. The van der Waals surface area contributed by atoms with Crippen LogP contribution < -0.4 is 5.32 Å². The van der Waals surface area contributed by atoms with E-state index in [2.05, 4.69) is 10.3 Å². The molecule has 0 fully saturated rings. The Morgan fingerprint density at radius 3 is 2.33 bits per heavy atom. The van der Waals surface area contributed by atoms with Gasteiger partial charge in [-0.25, -0.2) is 22.5 Å².